The van der Waals surface area contributed by atoms with Gasteiger partial charge in [0.2, 0.25) is 5.88 Å². The van der Waals surface area contributed by atoms with Gasteiger partial charge in [-0.25, -0.2) is 4.98 Å². The summed E-state index contributed by atoms with van der Waals surface area (Å²) >= 11 is 3.46. The van der Waals surface area contributed by atoms with Crippen LogP contribution < -0.4 is 4.74 Å². The van der Waals surface area contributed by atoms with Crippen LogP contribution in [-0.4, -0.2) is 4.98 Å². The second-order valence-electron chi connectivity index (χ2n) is 3.64. The molecule has 2 rings (SSSR count). The molecule has 0 bridgehead atoms. The minimum atomic E-state index is 0.657. The third kappa shape index (κ3) is 2.42. The Hall–Kier alpha value is -1.35. The first-order chi connectivity index (χ1) is 7.66. The van der Waals surface area contributed by atoms with Crippen LogP contribution >= 0.6 is 15.9 Å². The van der Waals surface area contributed by atoms with Crippen molar-refractivity contribution in [2.75, 3.05) is 0 Å². The van der Waals surface area contributed by atoms with Gasteiger partial charge < -0.3 is 4.74 Å². The highest BCUT2D eigenvalue weighted by molar-refractivity contribution is 9.10. The molecule has 1 aromatic carbocycles. The number of aryl methyl sites for hydroxylation is 2. The average molecular weight is 278 g/mol. The minimum absolute atomic E-state index is 0.657. The monoisotopic (exact) mass is 277 g/mol. The molecule has 0 spiro atoms. The smallest absolute Gasteiger partial charge is 0.222 e. The van der Waals surface area contributed by atoms with Gasteiger partial charge in [0.1, 0.15) is 5.75 Å². The molecule has 2 nitrogen and oxygen atoms in total. The number of halogens is 1. The lowest BCUT2D eigenvalue weighted by molar-refractivity contribution is 0.458. The fraction of sp³-hybridized carbons (Fsp3) is 0.154. The van der Waals surface area contributed by atoms with Crippen LogP contribution in [0.1, 0.15) is 11.1 Å². The van der Waals surface area contributed by atoms with Crippen LogP contribution in [0.3, 0.4) is 0 Å². The second-order valence-corrected chi connectivity index (χ2v) is 4.49. The van der Waals surface area contributed by atoms with E-state index < -0.39 is 0 Å². The minimum Gasteiger partial charge on any atom is -0.439 e. The molecule has 3 heteroatoms. The van der Waals surface area contributed by atoms with Crippen LogP contribution in [0.15, 0.2) is 41.0 Å². The predicted molar refractivity (Wildman–Crippen MR) is 67.9 cm³/mol. The highest BCUT2D eigenvalue weighted by Crippen LogP contribution is 2.26. The normalized spacial score (nSPS) is 10.2. The third-order valence-corrected chi connectivity index (χ3v) is 3.20. The number of hydrogen-bond donors (Lipinski definition) is 0. The summed E-state index contributed by atoms with van der Waals surface area (Å²) in [6.07, 6.45) is 1.73. The van der Waals surface area contributed by atoms with Gasteiger partial charge >= 0.3 is 0 Å². The van der Waals surface area contributed by atoms with E-state index in [0.29, 0.717) is 5.88 Å². The van der Waals surface area contributed by atoms with Gasteiger partial charge in [-0.3, -0.25) is 0 Å². The van der Waals surface area contributed by atoms with Gasteiger partial charge in [-0.15, -0.1) is 0 Å². The van der Waals surface area contributed by atoms with E-state index in [2.05, 4.69) is 20.9 Å². The predicted octanol–water partition coefficient (Wildman–Crippen LogP) is 4.25. The maximum atomic E-state index is 5.71. The zero-order valence-electron chi connectivity index (χ0n) is 9.20. The summed E-state index contributed by atoms with van der Waals surface area (Å²) in [5.74, 6) is 1.46. The molecule has 1 aromatic heterocycles. The Bertz CT molecular complexity index is 511. The molecule has 0 saturated heterocycles. The summed E-state index contributed by atoms with van der Waals surface area (Å²) in [6, 6.07) is 9.76. The van der Waals surface area contributed by atoms with Gasteiger partial charge in [0.25, 0.3) is 0 Å². The van der Waals surface area contributed by atoms with Crippen LogP contribution in [-0.2, 0) is 0 Å². The van der Waals surface area contributed by atoms with Gasteiger partial charge in [-0.1, -0.05) is 22.0 Å². The van der Waals surface area contributed by atoms with Crippen LogP contribution in [0.4, 0.5) is 0 Å². The fourth-order valence-electron chi connectivity index (χ4n) is 1.37. The number of ether oxygens (including phenoxy) is 1. The maximum Gasteiger partial charge on any atom is 0.222 e. The van der Waals surface area contributed by atoms with Crippen molar-refractivity contribution in [2.45, 2.75) is 13.8 Å². The van der Waals surface area contributed by atoms with Crippen molar-refractivity contribution >= 4 is 15.9 Å². The van der Waals surface area contributed by atoms with E-state index in [0.717, 1.165) is 21.3 Å². The van der Waals surface area contributed by atoms with E-state index >= 15 is 0 Å². The Kier molecular flexibility index (Phi) is 3.25. The molecule has 0 N–H and O–H groups in total. The maximum absolute atomic E-state index is 5.71. The zero-order chi connectivity index (χ0) is 11.5. The number of hydrogen-bond acceptors (Lipinski definition) is 2. The second kappa shape index (κ2) is 4.66. The van der Waals surface area contributed by atoms with Gasteiger partial charge in [-0.05, 0) is 43.7 Å². The van der Waals surface area contributed by atoms with Crippen LogP contribution in [0.25, 0.3) is 0 Å². The molecule has 0 aliphatic heterocycles. The third-order valence-electron chi connectivity index (χ3n) is 2.31. The quantitative estimate of drug-likeness (QED) is 0.819. The summed E-state index contributed by atoms with van der Waals surface area (Å²) in [4.78, 5) is 4.19. The SMILES string of the molecule is Cc1cc(Oc2ncccc2C)ccc1Br. The lowest BCUT2D eigenvalue weighted by atomic mass is 10.2. The lowest BCUT2D eigenvalue weighted by Crippen LogP contribution is -1.90. The molecule has 0 aliphatic rings. The Morgan fingerprint density at radius 3 is 2.62 bits per heavy atom. The van der Waals surface area contributed by atoms with Crippen molar-refractivity contribution in [1.82, 2.24) is 4.98 Å². The first-order valence-electron chi connectivity index (χ1n) is 5.02. The van der Waals surface area contributed by atoms with E-state index in [1.54, 1.807) is 6.20 Å². The van der Waals surface area contributed by atoms with E-state index in [1.807, 2.05) is 44.2 Å². The van der Waals surface area contributed by atoms with Gasteiger partial charge in [0, 0.05) is 16.2 Å². The number of nitrogens with zero attached hydrogens (tertiary/aromatic N) is 1. The van der Waals surface area contributed by atoms with Gasteiger partial charge in [0.15, 0.2) is 0 Å². The van der Waals surface area contributed by atoms with Gasteiger partial charge in [0.05, 0.1) is 0 Å². The van der Waals surface area contributed by atoms with Crippen molar-refractivity contribution in [2.24, 2.45) is 0 Å². The van der Waals surface area contributed by atoms with Crippen LogP contribution in [0.2, 0.25) is 0 Å². The topological polar surface area (TPSA) is 22.1 Å². The highest BCUT2D eigenvalue weighted by atomic mass is 79.9. The number of aromatic nitrogens is 1. The standard InChI is InChI=1S/C13H12BrNO/c1-9-4-3-7-15-13(9)16-11-5-6-12(14)10(2)8-11/h3-8H,1-2H3. The van der Waals surface area contributed by atoms with Gasteiger partial charge in [-0.2, -0.15) is 0 Å². The number of rotatable bonds is 2. The average Bonchev–Trinajstić information content (AvgIpc) is 2.27. The van der Waals surface area contributed by atoms with E-state index in [-0.39, 0.29) is 0 Å². The van der Waals surface area contributed by atoms with Crippen molar-refractivity contribution in [3.05, 3.63) is 52.1 Å². The molecular weight excluding hydrogens is 266 g/mol. The molecule has 0 unspecified atom stereocenters. The number of pyridine rings is 1. The first-order valence-corrected chi connectivity index (χ1v) is 5.82. The van der Waals surface area contributed by atoms with Crippen molar-refractivity contribution in [3.8, 4) is 11.6 Å². The summed E-state index contributed by atoms with van der Waals surface area (Å²) in [5, 5.41) is 0. The molecule has 0 fully saturated rings. The molecule has 2 aromatic rings. The number of benzene rings is 1. The summed E-state index contributed by atoms with van der Waals surface area (Å²) < 4.78 is 6.79. The Morgan fingerprint density at radius 1 is 1.12 bits per heavy atom. The Labute approximate surface area is 103 Å². The van der Waals surface area contributed by atoms with E-state index in [4.69, 9.17) is 4.74 Å². The van der Waals surface area contributed by atoms with Crippen LogP contribution in [0, 0.1) is 13.8 Å². The molecule has 0 radical (unpaired) electrons. The first kappa shape index (κ1) is 11.1. The van der Waals surface area contributed by atoms with Crippen LogP contribution in [0.5, 0.6) is 11.6 Å². The van der Waals surface area contributed by atoms with Crippen molar-refractivity contribution in [3.63, 3.8) is 0 Å². The molecule has 82 valence electrons. The molecule has 0 amide bonds. The molecule has 0 atom stereocenters. The molecule has 1 heterocycles. The van der Waals surface area contributed by atoms with Crippen molar-refractivity contribution in [1.29, 1.82) is 0 Å². The Balaban J connectivity index is 2.28. The summed E-state index contributed by atoms with van der Waals surface area (Å²) in [7, 11) is 0. The Morgan fingerprint density at radius 2 is 1.94 bits per heavy atom. The fourth-order valence-corrected chi connectivity index (χ4v) is 1.62. The molecule has 0 aliphatic carbocycles. The van der Waals surface area contributed by atoms with E-state index in [9.17, 15) is 0 Å². The largest absolute Gasteiger partial charge is 0.439 e. The molecule has 0 saturated carbocycles. The zero-order valence-corrected chi connectivity index (χ0v) is 10.8. The highest BCUT2D eigenvalue weighted by Gasteiger charge is 2.03. The van der Waals surface area contributed by atoms with E-state index in [1.165, 1.54) is 0 Å². The molecule has 16 heavy (non-hydrogen) atoms. The summed E-state index contributed by atoms with van der Waals surface area (Å²) in [6.45, 7) is 4.01. The van der Waals surface area contributed by atoms with Crippen molar-refractivity contribution < 1.29 is 4.74 Å². The summed E-state index contributed by atoms with van der Waals surface area (Å²) in [5.41, 5.74) is 2.18. The lowest BCUT2D eigenvalue weighted by Gasteiger charge is -2.08. The molecular formula is C13H12BrNO.